The van der Waals surface area contributed by atoms with E-state index in [-0.39, 0.29) is 16.9 Å². The number of amides is 1. The fourth-order valence-electron chi connectivity index (χ4n) is 2.39. The Bertz CT molecular complexity index is 638. The number of carbonyl (C=O) groups is 1. The molecule has 1 unspecified atom stereocenters. The van der Waals surface area contributed by atoms with Crippen molar-refractivity contribution in [3.8, 4) is 0 Å². The Labute approximate surface area is 143 Å². The highest BCUT2D eigenvalue weighted by Crippen LogP contribution is 2.12. The minimum atomic E-state index is -3.55. The third-order valence-corrected chi connectivity index (χ3v) is 5.27. The number of ether oxygens (including phenoxy) is 1. The number of hydrogen-bond donors (Lipinski definition) is 2. The zero-order chi connectivity index (χ0) is 17.6. The smallest absolute Gasteiger partial charge is 0.251 e. The van der Waals surface area contributed by atoms with Crippen LogP contribution in [0.1, 0.15) is 23.2 Å². The highest BCUT2D eigenvalue weighted by atomic mass is 32.2. The van der Waals surface area contributed by atoms with Gasteiger partial charge in [0.1, 0.15) is 0 Å². The molecule has 1 aromatic carbocycles. The Balaban J connectivity index is 1.90. The molecule has 2 rings (SSSR count). The Morgan fingerprint density at radius 2 is 2.00 bits per heavy atom. The van der Waals surface area contributed by atoms with E-state index < -0.39 is 10.0 Å². The van der Waals surface area contributed by atoms with Gasteiger partial charge in [0.15, 0.2) is 0 Å². The molecule has 1 fully saturated rings. The van der Waals surface area contributed by atoms with Gasteiger partial charge >= 0.3 is 0 Å². The van der Waals surface area contributed by atoms with Crippen molar-refractivity contribution in [1.82, 2.24) is 14.9 Å². The quantitative estimate of drug-likeness (QED) is 0.706. The largest absolute Gasteiger partial charge is 0.376 e. The fraction of sp³-hybridized carbons (Fsp3) is 0.562. The van der Waals surface area contributed by atoms with Crippen LogP contribution in [0.2, 0.25) is 0 Å². The summed E-state index contributed by atoms with van der Waals surface area (Å²) in [6, 6.07) is 5.93. The second kappa shape index (κ2) is 8.57. The van der Waals surface area contributed by atoms with E-state index in [1.54, 1.807) is 0 Å². The van der Waals surface area contributed by atoms with Crippen LogP contribution in [0, 0.1) is 0 Å². The first-order chi connectivity index (χ1) is 11.4. The molecular weight excluding hydrogens is 330 g/mol. The van der Waals surface area contributed by atoms with E-state index in [0.717, 1.165) is 19.4 Å². The highest BCUT2D eigenvalue weighted by molar-refractivity contribution is 7.89. The van der Waals surface area contributed by atoms with Crippen molar-refractivity contribution in [1.29, 1.82) is 0 Å². The average molecular weight is 355 g/mol. The molecule has 0 spiro atoms. The molecular formula is C16H25N3O4S. The zero-order valence-electron chi connectivity index (χ0n) is 14.1. The number of nitrogens with one attached hydrogen (secondary N) is 2. The van der Waals surface area contributed by atoms with Crippen LogP contribution >= 0.6 is 0 Å². The number of nitrogens with zero attached hydrogens (tertiary/aromatic N) is 1. The van der Waals surface area contributed by atoms with E-state index in [1.807, 2.05) is 19.0 Å². The lowest BCUT2D eigenvalue weighted by molar-refractivity contribution is 0.0857. The first-order valence-electron chi connectivity index (χ1n) is 8.03. The summed E-state index contributed by atoms with van der Waals surface area (Å²) in [5.41, 5.74) is 0.431. The van der Waals surface area contributed by atoms with E-state index in [4.69, 9.17) is 4.74 Å². The lowest BCUT2D eigenvalue weighted by Crippen LogP contribution is -2.32. The molecule has 1 amide bonds. The van der Waals surface area contributed by atoms with E-state index in [0.29, 0.717) is 25.2 Å². The SMILES string of the molecule is CN(C)CCNS(=O)(=O)c1ccc(C(=O)NCC2CCCO2)cc1. The van der Waals surface area contributed by atoms with Crippen molar-refractivity contribution < 1.29 is 17.9 Å². The number of carbonyl (C=O) groups excluding carboxylic acids is 1. The molecule has 1 aromatic rings. The van der Waals surface area contributed by atoms with Gasteiger partial charge in [0.05, 0.1) is 11.0 Å². The maximum atomic E-state index is 12.1. The van der Waals surface area contributed by atoms with Gasteiger partial charge in [0, 0.05) is 31.8 Å². The molecule has 134 valence electrons. The van der Waals surface area contributed by atoms with Gasteiger partial charge < -0.3 is 15.0 Å². The summed E-state index contributed by atoms with van der Waals surface area (Å²) in [7, 11) is 0.195. The molecule has 0 aromatic heterocycles. The molecule has 0 bridgehead atoms. The van der Waals surface area contributed by atoms with Crippen molar-refractivity contribution in [3.63, 3.8) is 0 Å². The number of likely N-dealkylation sites (N-methyl/N-ethyl adjacent to an activating group) is 1. The van der Waals surface area contributed by atoms with Crippen LogP contribution in [0.15, 0.2) is 29.2 Å². The summed E-state index contributed by atoms with van der Waals surface area (Å²) in [5.74, 6) is -0.227. The molecule has 0 saturated carbocycles. The first-order valence-corrected chi connectivity index (χ1v) is 9.51. The highest BCUT2D eigenvalue weighted by Gasteiger charge is 2.18. The molecule has 1 saturated heterocycles. The predicted molar refractivity (Wildman–Crippen MR) is 91.5 cm³/mol. The lowest BCUT2D eigenvalue weighted by atomic mass is 10.2. The van der Waals surface area contributed by atoms with Gasteiger partial charge in [-0.15, -0.1) is 0 Å². The monoisotopic (exact) mass is 355 g/mol. The van der Waals surface area contributed by atoms with Crippen LogP contribution in [0.3, 0.4) is 0 Å². The topological polar surface area (TPSA) is 87.7 Å². The molecule has 0 aliphatic carbocycles. The maximum Gasteiger partial charge on any atom is 0.251 e. The minimum Gasteiger partial charge on any atom is -0.376 e. The van der Waals surface area contributed by atoms with Crippen molar-refractivity contribution in [2.75, 3.05) is 40.3 Å². The van der Waals surface area contributed by atoms with Crippen molar-refractivity contribution in [2.45, 2.75) is 23.8 Å². The van der Waals surface area contributed by atoms with E-state index in [9.17, 15) is 13.2 Å². The van der Waals surface area contributed by atoms with Gasteiger partial charge in [-0.3, -0.25) is 4.79 Å². The molecule has 2 N–H and O–H groups in total. The second-order valence-electron chi connectivity index (χ2n) is 6.07. The Morgan fingerprint density at radius 3 is 2.58 bits per heavy atom. The van der Waals surface area contributed by atoms with Crippen LogP contribution in [-0.2, 0) is 14.8 Å². The normalized spacial score (nSPS) is 18.0. The van der Waals surface area contributed by atoms with Crippen LogP contribution < -0.4 is 10.0 Å². The third kappa shape index (κ3) is 5.55. The summed E-state index contributed by atoms with van der Waals surface area (Å²) in [5, 5.41) is 2.81. The maximum absolute atomic E-state index is 12.1. The van der Waals surface area contributed by atoms with Gasteiger partial charge in [-0.2, -0.15) is 0 Å². The summed E-state index contributed by atoms with van der Waals surface area (Å²) in [6.45, 7) is 2.17. The summed E-state index contributed by atoms with van der Waals surface area (Å²) < 4.78 is 32.3. The number of benzene rings is 1. The van der Waals surface area contributed by atoms with Crippen molar-refractivity contribution in [2.24, 2.45) is 0 Å². The van der Waals surface area contributed by atoms with Crippen LogP contribution in [0.25, 0.3) is 0 Å². The predicted octanol–water partition coefficient (Wildman–Crippen LogP) is 0.435. The Hall–Kier alpha value is -1.48. The van der Waals surface area contributed by atoms with E-state index >= 15 is 0 Å². The average Bonchev–Trinajstić information content (AvgIpc) is 3.05. The minimum absolute atomic E-state index is 0.0782. The van der Waals surface area contributed by atoms with Gasteiger partial charge in [-0.25, -0.2) is 13.1 Å². The van der Waals surface area contributed by atoms with Crippen LogP contribution in [0.5, 0.6) is 0 Å². The number of hydrogen-bond acceptors (Lipinski definition) is 5. The molecule has 1 aliphatic heterocycles. The van der Waals surface area contributed by atoms with Crippen molar-refractivity contribution >= 4 is 15.9 Å². The standard InChI is InChI=1S/C16H25N3O4S/c1-19(2)10-9-18-24(21,22)15-7-5-13(6-8-15)16(20)17-12-14-4-3-11-23-14/h5-8,14,18H,3-4,9-12H2,1-2H3,(H,17,20). The summed E-state index contributed by atoms with van der Waals surface area (Å²) in [4.78, 5) is 14.1. The lowest BCUT2D eigenvalue weighted by Gasteiger charge is -2.12. The Morgan fingerprint density at radius 1 is 1.29 bits per heavy atom. The second-order valence-corrected chi connectivity index (χ2v) is 7.84. The first kappa shape index (κ1) is 18.9. The molecule has 7 nitrogen and oxygen atoms in total. The molecule has 8 heteroatoms. The van der Waals surface area contributed by atoms with Crippen LogP contribution in [-0.4, -0.2) is 65.7 Å². The van der Waals surface area contributed by atoms with E-state index in [1.165, 1.54) is 24.3 Å². The third-order valence-electron chi connectivity index (χ3n) is 3.79. The molecule has 1 aliphatic rings. The van der Waals surface area contributed by atoms with Gasteiger partial charge in [-0.05, 0) is 51.2 Å². The summed E-state index contributed by atoms with van der Waals surface area (Å²) in [6.07, 6.45) is 2.05. The fourth-order valence-corrected chi connectivity index (χ4v) is 3.41. The molecule has 0 radical (unpaired) electrons. The van der Waals surface area contributed by atoms with Crippen LogP contribution in [0.4, 0.5) is 0 Å². The Kier molecular flexibility index (Phi) is 6.73. The molecule has 24 heavy (non-hydrogen) atoms. The molecule has 1 heterocycles. The summed E-state index contributed by atoms with van der Waals surface area (Å²) >= 11 is 0. The van der Waals surface area contributed by atoms with E-state index in [2.05, 4.69) is 10.0 Å². The number of rotatable bonds is 8. The zero-order valence-corrected chi connectivity index (χ0v) is 14.9. The van der Waals surface area contributed by atoms with Crippen molar-refractivity contribution in [3.05, 3.63) is 29.8 Å². The number of sulfonamides is 1. The molecule has 1 atom stereocenters. The van der Waals surface area contributed by atoms with Gasteiger partial charge in [0.25, 0.3) is 5.91 Å². The van der Waals surface area contributed by atoms with Gasteiger partial charge in [-0.1, -0.05) is 0 Å². The van der Waals surface area contributed by atoms with Gasteiger partial charge in [0.2, 0.25) is 10.0 Å².